The van der Waals surface area contributed by atoms with Crippen molar-refractivity contribution in [1.29, 1.82) is 0 Å². The summed E-state index contributed by atoms with van der Waals surface area (Å²) < 4.78 is 0. The third-order valence-corrected chi connectivity index (χ3v) is 4.33. The van der Waals surface area contributed by atoms with Crippen molar-refractivity contribution in [3.05, 3.63) is 24.4 Å². The molecule has 0 radical (unpaired) electrons. The number of amides is 2. The quantitative estimate of drug-likeness (QED) is 0.861. The summed E-state index contributed by atoms with van der Waals surface area (Å²) in [5.41, 5.74) is 0. The second kappa shape index (κ2) is 6.34. The minimum atomic E-state index is -0.389. The molecule has 3 atom stereocenters. The van der Waals surface area contributed by atoms with E-state index in [2.05, 4.69) is 20.5 Å². The van der Waals surface area contributed by atoms with Crippen LogP contribution in [0.5, 0.6) is 0 Å². The third kappa shape index (κ3) is 3.37. The standard InChI is InChI=1S/C16H22N4O2/c1-11-8-13(19-15(21)9-11)16(22)18-12-5-7-20(10-12)14-4-2-3-6-17-14/h2-4,6,11-13H,5,7-10H2,1H3,(H,18,22)(H,19,21)/t11-,12?,13-/m1/s1. The van der Waals surface area contributed by atoms with E-state index in [0.29, 0.717) is 12.8 Å². The Morgan fingerprint density at radius 1 is 1.45 bits per heavy atom. The number of hydrogen-bond acceptors (Lipinski definition) is 4. The Bertz CT molecular complexity index is 548. The predicted molar refractivity (Wildman–Crippen MR) is 83.3 cm³/mol. The second-order valence-electron chi connectivity index (χ2n) is 6.29. The number of hydrogen-bond donors (Lipinski definition) is 2. The molecule has 22 heavy (non-hydrogen) atoms. The second-order valence-corrected chi connectivity index (χ2v) is 6.29. The summed E-state index contributed by atoms with van der Waals surface area (Å²) in [6.45, 7) is 3.66. The number of carbonyl (C=O) groups is 2. The SMILES string of the molecule is C[C@H]1CC(=O)N[C@@H](C(=O)NC2CCN(c3ccccn3)C2)C1. The number of aromatic nitrogens is 1. The lowest BCUT2D eigenvalue weighted by atomic mass is 9.93. The first-order valence-corrected chi connectivity index (χ1v) is 7.87. The molecule has 0 saturated carbocycles. The molecule has 2 N–H and O–H groups in total. The monoisotopic (exact) mass is 302 g/mol. The van der Waals surface area contributed by atoms with Gasteiger partial charge in [0.1, 0.15) is 11.9 Å². The molecular weight excluding hydrogens is 280 g/mol. The maximum absolute atomic E-state index is 12.3. The number of nitrogens with zero attached hydrogens (tertiary/aromatic N) is 2. The van der Waals surface area contributed by atoms with E-state index in [-0.39, 0.29) is 29.8 Å². The van der Waals surface area contributed by atoms with Crippen LogP contribution in [0.3, 0.4) is 0 Å². The molecule has 2 fully saturated rings. The van der Waals surface area contributed by atoms with Crippen LogP contribution in [0.4, 0.5) is 5.82 Å². The van der Waals surface area contributed by atoms with Crippen LogP contribution in [0.2, 0.25) is 0 Å². The van der Waals surface area contributed by atoms with Crippen LogP contribution in [0.25, 0.3) is 0 Å². The summed E-state index contributed by atoms with van der Waals surface area (Å²) in [6.07, 6.45) is 3.91. The number of rotatable bonds is 3. The molecular formula is C16H22N4O2. The largest absolute Gasteiger partial charge is 0.354 e. The molecule has 2 aliphatic heterocycles. The van der Waals surface area contributed by atoms with Crippen LogP contribution in [0.15, 0.2) is 24.4 Å². The highest BCUT2D eigenvalue weighted by molar-refractivity contribution is 5.89. The van der Waals surface area contributed by atoms with E-state index in [1.165, 1.54) is 0 Å². The van der Waals surface area contributed by atoms with Gasteiger partial charge in [0.2, 0.25) is 11.8 Å². The topological polar surface area (TPSA) is 74.3 Å². The Labute approximate surface area is 130 Å². The van der Waals surface area contributed by atoms with Gasteiger partial charge in [-0.05, 0) is 30.9 Å². The first kappa shape index (κ1) is 14.8. The van der Waals surface area contributed by atoms with Gasteiger partial charge in [-0.2, -0.15) is 0 Å². The van der Waals surface area contributed by atoms with Crippen molar-refractivity contribution in [3.63, 3.8) is 0 Å². The minimum Gasteiger partial charge on any atom is -0.354 e. The molecule has 118 valence electrons. The summed E-state index contributed by atoms with van der Waals surface area (Å²) in [7, 11) is 0. The lowest BCUT2D eigenvalue weighted by molar-refractivity contribution is -0.132. The van der Waals surface area contributed by atoms with Gasteiger partial charge in [0, 0.05) is 31.7 Å². The van der Waals surface area contributed by atoms with Gasteiger partial charge in [0.05, 0.1) is 0 Å². The van der Waals surface area contributed by atoms with Crippen molar-refractivity contribution in [3.8, 4) is 0 Å². The highest BCUT2D eigenvalue weighted by Gasteiger charge is 2.31. The number of nitrogens with one attached hydrogen (secondary N) is 2. The zero-order valence-electron chi connectivity index (χ0n) is 12.8. The van der Waals surface area contributed by atoms with Crippen molar-refractivity contribution < 1.29 is 9.59 Å². The van der Waals surface area contributed by atoms with Crippen molar-refractivity contribution in [2.45, 2.75) is 38.3 Å². The molecule has 6 nitrogen and oxygen atoms in total. The third-order valence-electron chi connectivity index (χ3n) is 4.33. The number of carbonyl (C=O) groups excluding carboxylic acids is 2. The van der Waals surface area contributed by atoms with Gasteiger partial charge < -0.3 is 15.5 Å². The summed E-state index contributed by atoms with van der Waals surface area (Å²) in [5, 5.41) is 5.85. The van der Waals surface area contributed by atoms with Gasteiger partial charge in [-0.25, -0.2) is 4.98 Å². The highest BCUT2D eigenvalue weighted by atomic mass is 16.2. The minimum absolute atomic E-state index is 0.0274. The lowest BCUT2D eigenvalue weighted by Gasteiger charge is -2.28. The number of anilines is 1. The Kier molecular flexibility index (Phi) is 4.27. The fourth-order valence-corrected chi connectivity index (χ4v) is 3.22. The van der Waals surface area contributed by atoms with E-state index >= 15 is 0 Å². The van der Waals surface area contributed by atoms with Gasteiger partial charge in [-0.1, -0.05) is 13.0 Å². The van der Waals surface area contributed by atoms with Crippen LogP contribution in [0.1, 0.15) is 26.2 Å². The fourth-order valence-electron chi connectivity index (χ4n) is 3.22. The zero-order valence-corrected chi connectivity index (χ0v) is 12.8. The van der Waals surface area contributed by atoms with Gasteiger partial charge in [-0.3, -0.25) is 9.59 Å². The molecule has 0 spiro atoms. The Balaban J connectivity index is 1.54. The Hall–Kier alpha value is -2.11. The maximum atomic E-state index is 12.3. The molecule has 2 saturated heterocycles. The van der Waals surface area contributed by atoms with Gasteiger partial charge in [-0.15, -0.1) is 0 Å². The van der Waals surface area contributed by atoms with E-state index < -0.39 is 0 Å². The van der Waals surface area contributed by atoms with Gasteiger partial charge in [0.25, 0.3) is 0 Å². The smallest absolute Gasteiger partial charge is 0.242 e. The average Bonchev–Trinajstić information content (AvgIpc) is 2.95. The molecule has 1 unspecified atom stereocenters. The van der Waals surface area contributed by atoms with Crippen molar-refractivity contribution >= 4 is 17.6 Å². The molecule has 3 heterocycles. The molecule has 0 aliphatic carbocycles. The van der Waals surface area contributed by atoms with Crippen molar-refractivity contribution in [1.82, 2.24) is 15.6 Å². The summed E-state index contributed by atoms with van der Waals surface area (Å²) in [4.78, 5) is 30.4. The molecule has 2 aliphatic rings. The first-order valence-electron chi connectivity index (χ1n) is 7.87. The van der Waals surface area contributed by atoms with E-state index in [4.69, 9.17) is 0 Å². The number of piperidine rings is 1. The van der Waals surface area contributed by atoms with Gasteiger partial charge in [0.15, 0.2) is 0 Å². The average molecular weight is 302 g/mol. The maximum Gasteiger partial charge on any atom is 0.242 e. The summed E-state index contributed by atoms with van der Waals surface area (Å²) in [5.74, 6) is 1.12. The van der Waals surface area contributed by atoms with E-state index in [9.17, 15) is 9.59 Å². The molecule has 0 bridgehead atoms. The molecule has 1 aromatic rings. The highest BCUT2D eigenvalue weighted by Crippen LogP contribution is 2.19. The normalized spacial score (nSPS) is 28.3. The van der Waals surface area contributed by atoms with Crippen LogP contribution >= 0.6 is 0 Å². The summed E-state index contributed by atoms with van der Waals surface area (Å²) in [6, 6.07) is 5.57. The van der Waals surface area contributed by atoms with Crippen LogP contribution in [-0.2, 0) is 9.59 Å². The van der Waals surface area contributed by atoms with Gasteiger partial charge >= 0.3 is 0 Å². The zero-order chi connectivity index (χ0) is 15.5. The molecule has 6 heteroatoms. The van der Waals surface area contributed by atoms with E-state index in [0.717, 1.165) is 25.3 Å². The Morgan fingerprint density at radius 3 is 3.05 bits per heavy atom. The molecule has 0 aromatic carbocycles. The number of pyridine rings is 1. The van der Waals surface area contributed by atoms with Crippen LogP contribution < -0.4 is 15.5 Å². The van der Waals surface area contributed by atoms with Crippen molar-refractivity contribution in [2.24, 2.45) is 5.92 Å². The fraction of sp³-hybridized carbons (Fsp3) is 0.562. The van der Waals surface area contributed by atoms with E-state index in [1.54, 1.807) is 6.20 Å². The molecule has 2 amide bonds. The van der Waals surface area contributed by atoms with Crippen molar-refractivity contribution in [2.75, 3.05) is 18.0 Å². The van der Waals surface area contributed by atoms with Crippen LogP contribution in [0, 0.1) is 5.92 Å². The molecule has 3 rings (SSSR count). The lowest BCUT2D eigenvalue weighted by Crippen LogP contribution is -2.53. The Morgan fingerprint density at radius 2 is 2.32 bits per heavy atom. The molecule has 1 aromatic heterocycles. The first-order chi connectivity index (χ1) is 10.6. The van der Waals surface area contributed by atoms with Crippen LogP contribution in [-0.4, -0.2) is 42.0 Å². The predicted octanol–water partition coefficient (Wildman–Crippen LogP) is 0.691. The summed E-state index contributed by atoms with van der Waals surface area (Å²) >= 11 is 0. The van der Waals surface area contributed by atoms with E-state index in [1.807, 2.05) is 25.1 Å².